The van der Waals surface area contributed by atoms with Crippen molar-refractivity contribution in [1.29, 1.82) is 0 Å². The summed E-state index contributed by atoms with van der Waals surface area (Å²) in [6.07, 6.45) is 8.58. The molecule has 8 nitrogen and oxygen atoms in total. The Morgan fingerprint density at radius 2 is 2.14 bits per heavy atom. The predicted molar refractivity (Wildman–Crippen MR) is 112 cm³/mol. The van der Waals surface area contributed by atoms with E-state index in [-0.39, 0.29) is 6.10 Å². The second kappa shape index (κ2) is 10.0. The molecule has 3 N–H and O–H groups in total. The number of piperidine rings is 1. The Balaban J connectivity index is 1.63. The molecular formula is C20H35N7O. The van der Waals surface area contributed by atoms with Crippen LogP contribution >= 0.6 is 0 Å². The van der Waals surface area contributed by atoms with Gasteiger partial charge in [-0.05, 0) is 78.2 Å². The molecule has 0 bridgehead atoms. The summed E-state index contributed by atoms with van der Waals surface area (Å²) in [5, 5.41) is 7.79. The molecule has 1 fully saturated rings. The highest BCUT2D eigenvalue weighted by atomic mass is 16.5. The Kier molecular flexibility index (Phi) is 7.44. The number of fused-ring (bicyclic) bond motifs is 1. The maximum atomic E-state index is 6.10. The summed E-state index contributed by atoms with van der Waals surface area (Å²) in [6.45, 7) is 8.79. The lowest BCUT2D eigenvalue weighted by Gasteiger charge is -2.31. The molecule has 1 atom stereocenters. The van der Waals surface area contributed by atoms with Gasteiger partial charge in [-0.25, -0.2) is 9.50 Å². The minimum absolute atomic E-state index is 0.0704. The molecule has 2 aromatic heterocycles. The van der Waals surface area contributed by atoms with E-state index in [1.54, 1.807) is 0 Å². The molecule has 3 rings (SSSR count). The van der Waals surface area contributed by atoms with Gasteiger partial charge in [-0.2, -0.15) is 4.98 Å². The number of rotatable bonds is 10. The number of nitrogens with two attached hydrogens (primary N) is 1. The molecular weight excluding hydrogens is 354 g/mol. The van der Waals surface area contributed by atoms with Crippen LogP contribution in [0.4, 0.5) is 5.82 Å². The second-order valence-corrected chi connectivity index (χ2v) is 7.93. The molecule has 0 spiro atoms. The monoisotopic (exact) mass is 389 g/mol. The summed E-state index contributed by atoms with van der Waals surface area (Å²) < 4.78 is 7.69. The average Bonchev–Trinajstić information content (AvgIpc) is 3.07. The third-order valence-corrected chi connectivity index (χ3v) is 5.55. The van der Waals surface area contributed by atoms with Crippen molar-refractivity contribution in [1.82, 2.24) is 29.8 Å². The van der Waals surface area contributed by atoms with Crippen molar-refractivity contribution in [3.8, 4) is 6.01 Å². The average molecular weight is 390 g/mol. The quantitative estimate of drug-likeness (QED) is 0.601. The first-order valence-electron chi connectivity index (χ1n) is 10.6. The molecule has 1 aliphatic rings. The van der Waals surface area contributed by atoms with Crippen molar-refractivity contribution < 1.29 is 4.74 Å². The van der Waals surface area contributed by atoms with Gasteiger partial charge in [-0.1, -0.05) is 13.3 Å². The molecule has 0 saturated carbocycles. The third kappa shape index (κ3) is 5.32. The number of nitrogens with zero attached hydrogens (tertiary/aromatic N) is 5. The van der Waals surface area contributed by atoms with Gasteiger partial charge in [0.15, 0.2) is 11.5 Å². The van der Waals surface area contributed by atoms with Crippen LogP contribution in [0.2, 0.25) is 0 Å². The van der Waals surface area contributed by atoms with E-state index in [0.717, 1.165) is 31.5 Å². The summed E-state index contributed by atoms with van der Waals surface area (Å²) in [5.74, 6) is 1.03. The van der Waals surface area contributed by atoms with Crippen molar-refractivity contribution in [2.45, 2.75) is 58.5 Å². The number of hydrogen-bond acceptors (Lipinski definition) is 7. The number of imidazole rings is 1. The van der Waals surface area contributed by atoms with Gasteiger partial charge < -0.3 is 20.7 Å². The molecule has 0 aromatic carbocycles. The van der Waals surface area contributed by atoms with Crippen LogP contribution in [0.1, 0.15) is 51.6 Å². The second-order valence-electron chi connectivity index (χ2n) is 7.93. The number of aromatic nitrogens is 4. The molecule has 3 heterocycles. The van der Waals surface area contributed by atoms with Crippen LogP contribution in [0.25, 0.3) is 5.65 Å². The van der Waals surface area contributed by atoms with Gasteiger partial charge in [-0.15, -0.1) is 5.10 Å². The zero-order valence-corrected chi connectivity index (χ0v) is 17.5. The van der Waals surface area contributed by atoms with Crippen LogP contribution in [-0.2, 0) is 6.42 Å². The first-order chi connectivity index (χ1) is 13.6. The lowest BCUT2D eigenvalue weighted by atomic mass is 9.92. The lowest BCUT2D eigenvalue weighted by molar-refractivity contribution is 0.180. The van der Waals surface area contributed by atoms with Gasteiger partial charge in [0.05, 0.1) is 18.0 Å². The van der Waals surface area contributed by atoms with Crippen molar-refractivity contribution in [3.63, 3.8) is 0 Å². The zero-order valence-electron chi connectivity index (χ0n) is 17.5. The molecule has 8 heteroatoms. The Labute approximate surface area is 167 Å². The van der Waals surface area contributed by atoms with E-state index in [9.17, 15) is 0 Å². The smallest absolute Gasteiger partial charge is 0.336 e. The standard InChI is InChI=1S/C20H35N7O/c1-4-6-15(2)28-20-24-18(21)19-23-14-17(27(19)25-20)13-16-7-11-26(12-8-16)10-5-9-22-3/h14-16,22H,4-13H2,1-3H3,(H2,21,24,25)/t15-/m0/s1. The van der Waals surface area contributed by atoms with Gasteiger partial charge in [-0.3, -0.25) is 0 Å². The fourth-order valence-electron chi connectivity index (χ4n) is 3.95. The lowest BCUT2D eigenvalue weighted by Crippen LogP contribution is -2.36. The first kappa shape index (κ1) is 20.8. The van der Waals surface area contributed by atoms with Crippen LogP contribution < -0.4 is 15.8 Å². The summed E-state index contributed by atoms with van der Waals surface area (Å²) in [4.78, 5) is 11.3. The Bertz CT molecular complexity index is 739. The van der Waals surface area contributed by atoms with Gasteiger partial charge in [0.1, 0.15) is 0 Å². The summed E-state index contributed by atoms with van der Waals surface area (Å²) in [6, 6.07) is 0.338. The van der Waals surface area contributed by atoms with E-state index in [4.69, 9.17) is 10.5 Å². The largest absolute Gasteiger partial charge is 0.459 e. The molecule has 0 aliphatic carbocycles. The minimum Gasteiger partial charge on any atom is -0.459 e. The maximum absolute atomic E-state index is 6.10. The number of nitrogen functional groups attached to an aromatic ring is 1. The zero-order chi connectivity index (χ0) is 19.9. The van der Waals surface area contributed by atoms with E-state index in [0.29, 0.717) is 23.4 Å². The number of anilines is 1. The SMILES string of the molecule is CCC[C@H](C)Oc1nc(N)c2ncc(CC3CCN(CCCNC)CC3)n2n1. The molecule has 28 heavy (non-hydrogen) atoms. The van der Waals surface area contributed by atoms with Crippen molar-refractivity contribution in [2.75, 3.05) is 39.0 Å². The highest BCUT2D eigenvalue weighted by Gasteiger charge is 2.21. The number of ether oxygens (including phenoxy) is 1. The Morgan fingerprint density at radius 1 is 1.36 bits per heavy atom. The normalized spacial score (nSPS) is 17.2. The summed E-state index contributed by atoms with van der Waals surface area (Å²) in [5.41, 5.74) is 7.81. The topological polar surface area (TPSA) is 93.6 Å². The van der Waals surface area contributed by atoms with Crippen molar-refractivity contribution in [2.24, 2.45) is 5.92 Å². The van der Waals surface area contributed by atoms with E-state index in [2.05, 4.69) is 32.2 Å². The predicted octanol–water partition coefficient (Wildman–Crippen LogP) is 2.14. The number of hydrogen-bond donors (Lipinski definition) is 2. The van der Waals surface area contributed by atoms with Crippen LogP contribution in [0, 0.1) is 5.92 Å². The van der Waals surface area contributed by atoms with Gasteiger partial charge >= 0.3 is 6.01 Å². The molecule has 0 radical (unpaired) electrons. The molecule has 1 aliphatic heterocycles. The molecule has 0 amide bonds. The number of likely N-dealkylation sites (tertiary alicyclic amines) is 1. The Hall–Kier alpha value is -1.93. The van der Waals surface area contributed by atoms with Crippen molar-refractivity contribution >= 4 is 11.5 Å². The third-order valence-electron chi connectivity index (χ3n) is 5.55. The van der Waals surface area contributed by atoms with Crippen LogP contribution in [0.5, 0.6) is 6.01 Å². The first-order valence-corrected chi connectivity index (χ1v) is 10.6. The van der Waals surface area contributed by atoms with Crippen molar-refractivity contribution in [3.05, 3.63) is 11.9 Å². The highest BCUT2D eigenvalue weighted by Crippen LogP contribution is 2.23. The molecule has 156 valence electrons. The molecule has 2 aromatic rings. The van der Waals surface area contributed by atoms with E-state index in [1.165, 1.54) is 38.9 Å². The fourth-order valence-corrected chi connectivity index (χ4v) is 3.95. The number of nitrogens with one attached hydrogen (secondary N) is 1. The minimum atomic E-state index is 0.0704. The summed E-state index contributed by atoms with van der Waals surface area (Å²) >= 11 is 0. The maximum Gasteiger partial charge on any atom is 0.336 e. The fraction of sp³-hybridized carbons (Fsp3) is 0.750. The molecule has 0 unspecified atom stereocenters. The van der Waals surface area contributed by atoms with Gasteiger partial charge in [0.25, 0.3) is 0 Å². The van der Waals surface area contributed by atoms with Gasteiger partial charge in [0, 0.05) is 0 Å². The summed E-state index contributed by atoms with van der Waals surface area (Å²) in [7, 11) is 2.01. The van der Waals surface area contributed by atoms with Crippen LogP contribution in [0.15, 0.2) is 6.20 Å². The van der Waals surface area contributed by atoms with Crippen LogP contribution in [-0.4, -0.2) is 63.8 Å². The Morgan fingerprint density at radius 3 is 2.86 bits per heavy atom. The highest BCUT2D eigenvalue weighted by molar-refractivity contribution is 5.59. The van der Waals surface area contributed by atoms with E-state index in [1.807, 2.05) is 24.7 Å². The van der Waals surface area contributed by atoms with E-state index < -0.39 is 0 Å². The molecule has 1 saturated heterocycles. The van der Waals surface area contributed by atoms with Gasteiger partial charge in [0.2, 0.25) is 0 Å². The van der Waals surface area contributed by atoms with Crippen LogP contribution in [0.3, 0.4) is 0 Å². The van der Waals surface area contributed by atoms with E-state index >= 15 is 0 Å².